The number of aromatic nitrogens is 2. The Morgan fingerprint density at radius 3 is 2.74 bits per heavy atom. The van der Waals surface area contributed by atoms with Gasteiger partial charge in [-0.3, -0.25) is 9.10 Å². The molecule has 9 nitrogen and oxygen atoms in total. The second kappa shape index (κ2) is 9.35. The van der Waals surface area contributed by atoms with Crippen LogP contribution in [-0.4, -0.2) is 54.1 Å². The lowest BCUT2D eigenvalue weighted by Gasteiger charge is -2.36. The number of carbonyl (C=O) groups is 1. The number of rotatable bonds is 5. The molecule has 2 aromatic heterocycles. The van der Waals surface area contributed by atoms with E-state index in [1.807, 2.05) is 37.3 Å². The van der Waals surface area contributed by atoms with Crippen molar-refractivity contribution in [2.75, 3.05) is 20.4 Å². The van der Waals surface area contributed by atoms with Gasteiger partial charge in [0.05, 0.1) is 28.7 Å². The van der Waals surface area contributed by atoms with Crippen LogP contribution in [0.15, 0.2) is 82.8 Å². The molecule has 0 saturated carbocycles. The highest BCUT2D eigenvalue weighted by Crippen LogP contribution is 2.52. The third kappa shape index (κ3) is 3.99. The number of ether oxygens (including phenoxy) is 2. The van der Waals surface area contributed by atoms with Crippen LogP contribution in [0.3, 0.4) is 0 Å². The summed E-state index contributed by atoms with van der Waals surface area (Å²) in [5.74, 6) is 1.01. The Balaban J connectivity index is 1.44. The van der Waals surface area contributed by atoms with Crippen molar-refractivity contribution in [1.29, 1.82) is 0 Å². The molecule has 1 N–H and O–H groups in total. The van der Waals surface area contributed by atoms with Crippen LogP contribution in [0.2, 0.25) is 0 Å². The highest BCUT2D eigenvalue weighted by Gasteiger charge is 2.49. The van der Waals surface area contributed by atoms with Gasteiger partial charge >= 0.3 is 0 Å². The van der Waals surface area contributed by atoms with Crippen LogP contribution in [0.4, 0.5) is 0 Å². The molecule has 7 rings (SSSR count). The first-order chi connectivity index (χ1) is 20.1. The van der Waals surface area contributed by atoms with Crippen LogP contribution >= 0.6 is 0 Å². The van der Waals surface area contributed by atoms with Gasteiger partial charge in [0.1, 0.15) is 22.8 Å². The Hall–Kier alpha value is -4.31. The summed E-state index contributed by atoms with van der Waals surface area (Å²) in [7, 11) is -0.456. The lowest BCUT2D eigenvalue weighted by atomic mass is 9.80. The quantitative estimate of drug-likeness (QED) is 0.459. The summed E-state index contributed by atoms with van der Waals surface area (Å²) in [5, 5.41) is 3.87. The van der Waals surface area contributed by atoms with Crippen molar-refractivity contribution < 1.29 is 22.7 Å². The first-order valence-electron chi connectivity index (χ1n) is 14.1. The number of amides is 1. The zero-order chi connectivity index (χ0) is 29.4. The standard InChI is InChI=1S/C32H32N4O5S/c1-32-17-26(35(3)42(4,38)39)21(16-22(32)28(31(37)33-2)30(41-32)19-9-5-6-10-19)23-13-14-27-29(34-23)25-15-20-11-7-8-12-24(20)36(25)18-40-27/h7-9,11-16H,5-6,10,17-18H2,1-4H3,(H,33,37). The zero-order valence-corrected chi connectivity index (χ0v) is 24.8. The highest BCUT2D eigenvalue weighted by molar-refractivity contribution is 7.88. The predicted octanol–water partition coefficient (Wildman–Crippen LogP) is 4.89. The number of hydrogen-bond donors (Lipinski definition) is 1. The normalized spacial score (nSPS) is 21.2. The van der Waals surface area contributed by atoms with Gasteiger partial charge in [-0.15, -0.1) is 0 Å². The number of nitrogens with one attached hydrogen (secondary N) is 1. The van der Waals surface area contributed by atoms with Crippen LogP contribution in [0.5, 0.6) is 5.75 Å². The molecule has 216 valence electrons. The van der Waals surface area contributed by atoms with Crippen LogP contribution in [0.25, 0.3) is 27.9 Å². The minimum Gasteiger partial charge on any atom is -0.481 e. The van der Waals surface area contributed by atoms with Crippen LogP contribution < -0.4 is 10.1 Å². The van der Waals surface area contributed by atoms with Crippen LogP contribution in [0, 0.1) is 0 Å². The molecule has 0 fully saturated rings. The SMILES string of the molecule is CNC(=O)C1=C(C2=CCCC2)OC2(C)CC(N(C)S(C)(=O)=O)=C(c3ccc4c(n3)-c3cc5ccccc5n3CO4)C=C12. The summed E-state index contributed by atoms with van der Waals surface area (Å²) in [5.41, 5.74) is 5.71. The largest absolute Gasteiger partial charge is 0.481 e. The van der Waals surface area contributed by atoms with E-state index in [0.717, 1.165) is 47.0 Å². The van der Waals surface area contributed by atoms with Crippen molar-refractivity contribution >= 4 is 32.4 Å². The molecule has 0 radical (unpaired) electrons. The maximum absolute atomic E-state index is 13.3. The highest BCUT2D eigenvalue weighted by atomic mass is 32.2. The maximum atomic E-state index is 13.3. The number of allylic oxidation sites excluding steroid dienone is 4. The van der Waals surface area contributed by atoms with Gasteiger partial charge in [-0.1, -0.05) is 24.3 Å². The molecular formula is C32H32N4O5S. The zero-order valence-electron chi connectivity index (χ0n) is 24.0. The average molecular weight is 585 g/mol. The molecule has 2 aliphatic carbocycles. The number of fused-ring (bicyclic) bond motifs is 6. The molecule has 1 unspecified atom stereocenters. The van der Waals surface area contributed by atoms with Gasteiger partial charge in [0, 0.05) is 42.7 Å². The molecule has 1 atom stereocenters. The lowest BCUT2D eigenvalue weighted by molar-refractivity contribution is -0.116. The number of nitrogens with zero attached hydrogens (tertiary/aromatic N) is 3. The molecule has 1 aromatic carbocycles. The molecule has 1 amide bonds. The van der Waals surface area contributed by atoms with Crippen molar-refractivity contribution in [3.8, 4) is 17.1 Å². The van der Waals surface area contributed by atoms with E-state index in [-0.39, 0.29) is 12.3 Å². The number of para-hydroxylation sites is 1. The predicted molar refractivity (Wildman–Crippen MR) is 161 cm³/mol. The number of likely N-dealkylation sites (N-methyl/N-ethyl adjacent to an activating group) is 1. The van der Waals surface area contributed by atoms with E-state index in [1.54, 1.807) is 14.1 Å². The minimum atomic E-state index is -3.62. The third-order valence-electron chi connectivity index (χ3n) is 8.70. The number of hydrogen-bond acceptors (Lipinski definition) is 6. The second-order valence-corrected chi connectivity index (χ2v) is 13.4. The molecule has 2 aliphatic heterocycles. The van der Waals surface area contributed by atoms with Gasteiger partial charge in [-0.2, -0.15) is 0 Å². The van der Waals surface area contributed by atoms with E-state index in [4.69, 9.17) is 14.5 Å². The fraction of sp³-hybridized carbons (Fsp3) is 0.312. The first kappa shape index (κ1) is 26.6. The number of pyridine rings is 1. The van der Waals surface area contributed by atoms with Gasteiger partial charge in [0.2, 0.25) is 10.0 Å². The van der Waals surface area contributed by atoms with Gasteiger partial charge in [0.25, 0.3) is 5.91 Å². The molecule has 42 heavy (non-hydrogen) atoms. The van der Waals surface area contributed by atoms with E-state index in [2.05, 4.69) is 34.2 Å². The maximum Gasteiger partial charge on any atom is 0.255 e. The van der Waals surface area contributed by atoms with Crippen LogP contribution in [-0.2, 0) is 26.3 Å². The van der Waals surface area contributed by atoms with E-state index in [0.29, 0.717) is 46.5 Å². The van der Waals surface area contributed by atoms with E-state index in [9.17, 15) is 13.2 Å². The summed E-state index contributed by atoms with van der Waals surface area (Å²) < 4.78 is 41.9. The molecular weight excluding hydrogens is 552 g/mol. The van der Waals surface area contributed by atoms with E-state index in [1.165, 1.54) is 10.6 Å². The van der Waals surface area contributed by atoms with Crippen molar-refractivity contribution in [3.05, 3.63) is 88.5 Å². The fourth-order valence-electron chi connectivity index (χ4n) is 6.45. The van der Waals surface area contributed by atoms with Gasteiger partial charge in [-0.05, 0) is 62.1 Å². The van der Waals surface area contributed by atoms with Crippen molar-refractivity contribution in [2.45, 2.75) is 44.9 Å². The van der Waals surface area contributed by atoms with E-state index >= 15 is 0 Å². The molecule has 3 aromatic rings. The molecule has 4 heterocycles. The average Bonchev–Trinajstić information content (AvgIpc) is 3.70. The Labute approximate surface area is 244 Å². The molecule has 4 aliphatic rings. The fourth-order valence-corrected chi connectivity index (χ4v) is 7.01. The summed E-state index contributed by atoms with van der Waals surface area (Å²) in [6, 6.07) is 13.9. The lowest BCUT2D eigenvalue weighted by Crippen LogP contribution is -2.37. The summed E-state index contributed by atoms with van der Waals surface area (Å²) in [6.45, 7) is 2.30. The van der Waals surface area contributed by atoms with Crippen molar-refractivity contribution in [1.82, 2.24) is 19.2 Å². The number of benzene rings is 1. The Morgan fingerprint density at radius 1 is 1.19 bits per heavy atom. The first-order valence-corrected chi connectivity index (χ1v) is 15.9. The van der Waals surface area contributed by atoms with Crippen molar-refractivity contribution in [2.24, 2.45) is 0 Å². The van der Waals surface area contributed by atoms with Crippen LogP contribution in [0.1, 0.15) is 38.3 Å². The number of sulfonamides is 1. The van der Waals surface area contributed by atoms with Gasteiger partial charge in [0.15, 0.2) is 6.73 Å². The minimum absolute atomic E-state index is 0.233. The molecule has 0 spiro atoms. The number of carbonyl (C=O) groups excluding carboxylic acids is 1. The monoisotopic (exact) mass is 584 g/mol. The Bertz CT molecular complexity index is 1930. The van der Waals surface area contributed by atoms with Crippen molar-refractivity contribution in [3.63, 3.8) is 0 Å². The summed E-state index contributed by atoms with van der Waals surface area (Å²) in [4.78, 5) is 18.4. The second-order valence-electron chi connectivity index (χ2n) is 11.4. The third-order valence-corrected chi connectivity index (χ3v) is 9.91. The molecule has 10 heteroatoms. The summed E-state index contributed by atoms with van der Waals surface area (Å²) >= 11 is 0. The Morgan fingerprint density at radius 2 is 2.00 bits per heavy atom. The topological polar surface area (TPSA) is 103 Å². The van der Waals surface area contributed by atoms with Gasteiger partial charge in [-0.25, -0.2) is 13.4 Å². The Kier molecular flexibility index (Phi) is 5.92. The smallest absolute Gasteiger partial charge is 0.255 e. The van der Waals surface area contributed by atoms with E-state index < -0.39 is 15.6 Å². The summed E-state index contributed by atoms with van der Waals surface area (Å²) in [6.07, 6.45) is 8.21. The molecule has 0 bridgehead atoms. The molecule has 0 saturated heterocycles. The van der Waals surface area contributed by atoms with Gasteiger partial charge < -0.3 is 19.4 Å².